The van der Waals surface area contributed by atoms with Crippen LogP contribution in [0.2, 0.25) is 0 Å². The number of aliphatic hydroxyl groups is 1. The van der Waals surface area contributed by atoms with Crippen LogP contribution in [0.15, 0.2) is 121 Å². The van der Waals surface area contributed by atoms with Gasteiger partial charge in [-0.2, -0.15) is 0 Å². The first-order valence-electron chi connectivity index (χ1n) is 14.6. The van der Waals surface area contributed by atoms with Gasteiger partial charge in [0.05, 0.1) is 33.4 Å². The standard InChI is InChI=1S/C37H35BN3O2/c1-25-14-8-6-7-9-15-26(21-20-25)34-30-17-10-12-18-31(30)39-35(40-34)41-32-19-13-11-16-28(32)29-23-22-27(24-33(29)41)38-43-37(4,5)36(2,3)42/h6-8,10-24,42H,1,9H2,2-5H3/b7-6-,14-8-,21-20?,26-15+. The molecule has 6 heteroatoms. The molecular formula is C37H35BN3O2. The summed E-state index contributed by atoms with van der Waals surface area (Å²) in [5, 5.41) is 13.8. The highest BCUT2D eigenvalue weighted by Gasteiger charge is 2.35. The Morgan fingerprint density at radius 2 is 1.58 bits per heavy atom. The Kier molecular flexibility index (Phi) is 7.51. The fraction of sp³-hybridized carbons (Fsp3) is 0.189. The van der Waals surface area contributed by atoms with Crippen LogP contribution in [-0.4, -0.2) is 38.3 Å². The van der Waals surface area contributed by atoms with Gasteiger partial charge >= 0.3 is 7.48 Å². The lowest BCUT2D eigenvalue weighted by Crippen LogP contribution is -2.49. The number of aromatic nitrogens is 3. The predicted octanol–water partition coefficient (Wildman–Crippen LogP) is 7.55. The van der Waals surface area contributed by atoms with E-state index < -0.39 is 11.2 Å². The van der Waals surface area contributed by atoms with Crippen molar-refractivity contribution < 1.29 is 9.76 Å². The quantitative estimate of drug-likeness (QED) is 0.217. The van der Waals surface area contributed by atoms with Gasteiger partial charge in [-0.25, -0.2) is 9.97 Å². The monoisotopic (exact) mass is 564 g/mol. The highest BCUT2D eigenvalue weighted by Crippen LogP contribution is 2.33. The summed E-state index contributed by atoms with van der Waals surface area (Å²) in [6.07, 6.45) is 15.3. The average molecular weight is 565 g/mol. The van der Waals surface area contributed by atoms with Gasteiger partial charge in [-0.05, 0) is 63.5 Å². The molecule has 0 atom stereocenters. The first-order valence-corrected chi connectivity index (χ1v) is 14.6. The second-order valence-electron chi connectivity index (χ2n) is 11.9. The zero-order valence-electron chi connectivity index (χ0n) is 25.1. The molecule has 0 fully saturated rings. The minimum atomic E-state index is -1.02. The topological polar surface area (TPSA) is 60.2 Å². The fourth-order valence-corrected chi connectivity index (χ4v) is 5.05. The molecule has 3 aromatic carbocycles. The Bertz CT molecular complexity index is 1990. The van der Waals surface area contributed by atoms with Gasteiger partial charge in [-0.1, -0.05) is 103 Å². The van der Waals surface area contributed by atoms with Crippen LogP contribution in [0, 0.1) is 0 Å². The van der Waals surface area contributed by atoms with Crippen molar-refractivity contribution in [3.05, 3.63) is 127 Å². The summed E-state index contributed by atoms with van der Waals surface area (Å²) >= 11 is 0. The third-order valence-corrected chi connectivity index (χ3v) is 8.23. The summed E-state index contributed by atoms with van der Waals surface area (Å²) < 4.78 is 8.24. The van der Waals surface area contributed by atoms with E-state index in [0.717, 1.165) is 61.4 Å². The zero-order chi connectivity index (χ0) is 30.2. The van der Waals surface area contributed by atoms with Crippen molar-refractivity contribution in [1.82, 2.24) is 14.5 Å². The number of benzene rings is 3. The second kappa shape index (κ2) is 11.3. The van der Waals surface area contributed by atoms with Gasteiger partial charge < -0.3 is 9.76 Å². The third kappa shape index (κ3) is 5.64. The normalized spacial score (nSPS) is 17.2. The minimum absolute atomic E-state index is 0.593. The molecule has 0 amide bonds. The molecule has 5 nitrogen and oxygen atoms in total. The van der Waals surface area contributed by atoms with Gasteiger partial charge in [-0.15, -0.1) is 0 Å². The van der Waals surface area contributed by atoms with Crippen LogP contribution in [0.5, 0.6) is 0 Å². The molecule has 1 radical (unpaired) electrons. The van der Waals surface area contributed by atoms with E-state index in [0.29, 0.717) is 5.95 Å². The van der Waals surface area contributed by atoms with Crippen molar-refractivity contribution in [3.8, 4) is 5.95 Å². The Balaban J connectivity index is 1.55. The van der Waals surface area contributed by atoms with E-state index in [1.807, 2.05) is 68.5 Å². The predicted molar refractivity (Wildman–Crippen MR) is 180 cm³/mol. The number of nitrogens with zero attached hydrogens (tertiary/aromatic N) is 3. The first-order chi connectivity index (χ1) is 20.6. The van der Waals surface area contributed by atoms with E-state index in [4.69, 9.17) is 14.6 Å². The molecule has 6 rings (SSSR count). The van der Waals surface area contributed by atoms with Crippen LogP contribution in [0.4, 0.5) is 0 Å². The molecule has 0 aliphatic heterocycles. The Morgan fingerprint density at radius 3 is 2.40 bits per heavy atom. The molecule has 1 aliphatic carbocycles. The molecular weight excluding hydrogens is 529 g/mol. The molecule has 1 aliphatic rings. The number of para-hydroxylation sites is 2. The third-order valence-electron chi connectivity index (χ3n) is 8.23. The molecule has 5 aromatic rings. The lowest BCUT2D eigenvalue weighted by Gasteiger charge is -2.37. The molecule has 2 aromatic heterocycles. The summed E-state index contributed by atoms with van der Waals surface area (Å²) in [5.74, 6) is 0.593. The van der Waals surface area contributed by atoms with Crippen LogP contribution < -0.4 is 5.46 Å². The molecule has 0 bridgehead atoms. The smallest absolute Gasteiger partial charge is 0.330 e. The van der Waals surface area contributed by atoms with Gasteiger partial charge in [0.25, 0.3) is 0 Å². The highest BCUT2D eigenvalue weighted by atomic mass is 16.5. The zero-order valence-corrected chi connectivity index (χ0v) is 25.1. The van der Waals surface area contributed by atoms with E-state index in [2.05, 4.69) is 65.8 Å². The number of hydrogen-bond acceptors (Lipinski definition) is 4. The van der Waals surface area contributed by atoms with E-state index in [-0.39, 0.29) is 0 Å². The Labute approximate surface area is 253 Å². The summed E-state index contributed by atoms with van der Waals surface area (Å²) in [6, 6.07) is 22.7. The lowest BCUT2D eigenvalue weighted by atomic mass is 9.82. The van der Waals surface area contributed by atoms with Crippen LogP contribution in [-0.2, 0) is 4.65 Å². The van der Waals surface area contributed by atoms with Crippen molar-refractivity contribution in [2.45, 2.75) is 45.3 Å². The summed E-state index contributed by atoms with van der Waals surface area (Å²) in [4.78, 5) is 10.3. The van der Waals surface area contributed by atoms with Gasteiger partial charge in [-0.3, -0.25) is 4.57 Å². The number of rotatable bonds is 6. The summed E-state index contributed by atoms with van der Waals surface area (Å²) in [5.41, 5.74) is 4.73. The van der Waals surface area contributed by atoms with Gasteiger partial charge in [0.2, 0.25) is 5.95 Å². The summed E-state index contributed by atoms with van der Waals surface area (Å²) in [6.45, 7) is 11.4. The van der Waals surface area contributed by atoms with Gasteiger partial charge in [0.1, 0.15) is 0 Å². The minimum Gasteiger partial charge on any atom is -0.427 e. The van der Waals surface area contributed by atoms with Crippen molar-refractivity contribution in [2.24, 2.45) is 0 Å². The Hall–Kier alpha value is -4.52. The number of hydrogen-bond donors (Lipinski definition) is 1. The molecule has 0 unspecified atom stereocenters. The van der Waals surface area contributed by atoms with E-state index in [1.165, 1.54) is 0 Å². The van der Waals surface area contributed by atoms with E-state index >= 15 is 0 Å². The van der Waals surface area contributed by atoms with Crippen LogP contribution in [0.25, 0.3) is 44.2 Å². The van der Waals surface area contributed by atoms with Crippen LogP contribution >= 0.6 is 0 Å². The average Bonchev–Trinajstić information content (AvgIpc) is 3.32. The molecule has 1 N–H and O–H groups in total. The lowest BCUT2D eigenvalue weighted by molar-refractivity contribution is -0.0893. The van der Waals surface area contributed by atoms with Crippen molar-refractivity contribution >= 4 is 51.2 Å². The van der Waals surface area contributed by atoms with Crippen LogP contribution in [0.3, 0.4) is 0 Å². The summed E-state index contributed by atoms with van der Waals surface area (Å²) in [7, 11) is 1.72. The van der Waals surface area contributed by atoms with Crippen LogP contribution in [0.1, 0.15) is 39.8 Å². The van der Waals surface area contributed by atoms with E-state index in [1.54, 1.807) is 21.3 Å². The molecule has 43 heavy (non-hydrogen) atoms. The highest BCUT2D eigenvalue weighted by molar-refractivity contribution is 6.47. The molecule has 0 saturated heterocycles. The SMILES string of the molecule is C=C1C=C/C(c2nc(-n3c4ccccc4c4ccc([B]OC(C)(C)C(C)(C)O)cc43)nc3ccccc23)=C\C/C=C\C=C/1. The second-order valence-corrected chi connectivity index (χ2v) is 11.9. The van der Waals surface area contributed by atoms with Crippen molar-refractivity contribution in [3.63, 3.8) is 0 Å². The largest absolute Gasteiger partial charge is 0.427 e. The number of fused-ring (bicyclic) bond motifs is 4. The fourth-order valence-electron chi connectivity index (χ4n) is 5.05. The molecule has 0 spiro atoms. The van der Waals surface area contributed by atoms with Crippen molar-refractivity contribution in [2.75, 3.05) is 0 Å². The molecule has 2 heterocycles. The van der Waals surface area contributed by atoms with E-state index in [9.17, 15) is 5.11 Å². The number of allylic oxidation sites excluding steroid dienone is 9. The Morgan fingerprint density at radius 1 is 0.837 bits per heavy atom. The van der Waals surface area contributed by atoms with Gasteiger partial charge in [0.15, 0.2) is 0 Å². The maximum Gasteiger partial charge on any atom is 0.330 e. The molecule has 213 valence electrons. The van der Waals surface area contributed by atoms with Gasteiger partial charge in [0, 0.05) is 16.2 Å². The molecule has 0 saturated carbocycles. The maximum absolute atomic E-state index is 10.6. The van der Waals surface area contributed by atoms with Crippen molar-refractivity contribution in [1.29, 1.82) is 0 Å². The maximum atomic E-state index is 10.6. The first kappa shape index (κ1) is 28.6.